The van der Waals surface area contributed by atoms with Gasteiger partial charge in [-0.1, -0.05) is 12.1 Å². The highest BCUT2D eigenvalue weighted by atomic mass is 16.5. The van der Waals surface area contributed by atoms with Crippen LogP contribution in [-0.2, 0) is 4.74 Å². The number of aliphatic hydroxyl groups excluding tert-OH is 1. The van der Waals surface area contributed by atoms with Crippen LogP contribution in [0.1, 0.15) is 13.8 Å². The molecule has 4 nitrogen and oxygen atoms in total. The molecule has 0 heterocycles. The number of hydrogen-bond acceptors (Lipinski definition) is 4. The summed E-state index contributed by atoms with van der Waals surface area (Å²) in [5, 5.41) is 9.98. The van der Waals surface area contributed by atoms with Crippen molar-refractivity contribution in [3.05, 3.63) is 24.3 Å². The molecule has 1 aromatic rings. The highest BCUT2D eigenvalue weighted by Gasteiger charge is 2.13. The van der Waals surface area contributed by atoms with Crippen molar-refractivity contribution < 1.29 is 9.84 Å². The minimum atomic E-state index is -0.484. The first kappa shape index (κ1) is 15.8. The molecule has 0 spiro atoms. The molecule has 1 unspecified atom stereocenters. The summed E-state index contributed by atoms with van der Waals surface area (Å²) in [5.41, 5.74) is 2.25. The van der Waals surface area contributed by atoms with Crippen molar-refractivity contribution in [2.24, 2.45) is 0 Å². The van der Waals surface area contributed by atoms with Crippen LogP contribution in [0, 0.1) is 0 Å². The Morgan fingerprint density at radius 1 is 1.11 bits per heavy atom. The van der Waals surface area contributed by atoms with E-state index in [0.717, 1.165) is 11.4 Å². The van der Waals surface area contributed by atoms with Crippen LogP contribution in [-0.4, -0.2) is 51.6 Å². The van der Waals surface area contributed by atoms with Gasteiger partial charge in [0.2, 0.25) is 0 Å². The van der Waals surface area contributed by atoms with Gasteiger partial charge in [0, 0.05) is 27.7 Å². The van der Waals surface area contributed by atoms with Crippen LogP contribution in [0.25, 0.3) is 0 Å². The van der Waals surface area contributed by atoms with Gasteiger partial charge in [0.05, 0.1) is 30.2 Å². The molecule has 1 N–H and O–H groups in total. The van der Waals surface area contributed by atoms with E-state index in [0.29, 0.717) is 13.2 Å². The Bertz CT molecular complexity index is 380. The van der Waals surface area contributed by atoms with E-state index in [1.807, 2.05) is 47.1 Å². The van der Waals surface area contributed by atoms with E-state index < -0.39 is 6.10 Å². The molecular weight excluding hydrogens is 240 g/mol. The van der Waals surface area contributed by atoms with Crippen LogP contribution in [0.5, 0.6) is 0 Å². The molecule has 0 fully saturated rings. The first-order chi connectivity index (χ1) is 8.91. The number of para-hydroxylation sites is 2. The molecule has 1 aromatic carbocycles. The fourth-order valence-electron chi connectivity index (χ4n) is 1.94. The maximum absolute atomic E-state index is 9.98. The molecule has 0 bridgehead atoms. The van der Waals surface area contributed by atoms with Crippen molar-refractivity contribution in [1.29, 1.82) is 0 Å². The van der Waals surface area contributed by atoms with Crippen LogP contribution < -0.4 is 9.80 Å². The third kappa shape index (κ3) is 5.09. The van der Waals surface area contributed by atoms with Crippen molar-refractivity contribution in [2.45, 2.75) is 26.1 Å². The number of anilines is 2. The van der Waals surface area contributed by atoms with Gasteiger partial charge in [-0.3, -0.25) is 0 Å². The van der Waals surface area contributed by atoms with E-state index in [1.54, 1.807) is 0 Å². The highest BCUT2D eigenvalue weighted by molar-refractivity contribution is 5.70. The van der Waals surface area contributed by atoms with Gasteiger partial charge < -0.3 is 19.6 Å². The van der Waals surface area contributed by atoms with Crippen molar-refractivity contribution >= 4 is 11.4 Å². The van der Waals surface area contributed by atoms with Gasteiger partial charge in [-0.05, 0) is 26.0 Å². The Balaban J connectivity index is 2.65. The fourth-order valence-corrected chi connectivity index (χ4v) is 1.94. The summed E-state index contributed by atoms with van der Waals surface area (Å²) < 4.78 is 5.43. The topological polar surface area (TPSA) is 35.9 Å². The molecule has 0 aliphatic heterocycles. The second kappa shape index (κ2) is 7.36. The summed E-state index contributed by atoms with van der Waals surface area (Å²) in [6.45, 7) is 4.86. The number of benzene rings is 1. The lowest BCUT2D eigenvalue weighted by Crippen LogP contribution is -2.33. The summed E-state index contributed by atoms with van der Waals surface area (Å²) in [4.78, 5) is 4.13. The summed E-state index contributed by atoms with van der Waals surface area (Å²) in [6.07, 6.45) is -0.336. The maximum atomic E-state index is 9.98. The summed E-state index contributed by atoms with van der Waals surface area (Å²) in [7, 11) is 6.02. The van der Waals surface area contributed by atoms with Gasteiger partial charge in [0.1, 0.15) is 0 Å². The smallest absolute Gasteiger partial charge is 0.0948 e. The van der Waals surface area contributed by atoms with Crippen LogP contribution in [0.4, 0.5) is 11.4 Å². The zero-order valence-electron chi connectivity index (χ0n) is 12.6. The van der Waals surface area contributed by atoms with Crippen molar-refractivity contribution in [3.8, 4) is 0 Å². The Morgan fingerprint density at radius 2 is 1.68 bits per heavy atom. The van der Waals surface area contributed by atoms with Crippen LogP contribution in [0.3, 0.4) is 0 Å². The fraction of sp³-hybridized carbons (Fsp3) is 0.600. The van der Waals surface area contributed by atoms with E-state index in [4.69, 9.17) is 4.74 Å². The lowest BCUT2D eigenvalue weighted by atomic mass is 10.2. The number of hydrogen-bond donors (Lipinski definition) is 1. The SMILES string of the molecule is CC(C)OCC(O)CN(C)c1ccccc1N(C)C. The number of nitrogens with zero attached hydrogens (tertiary/aromatic N) is 2. The molecule has 0 saturated carbocycles. The number of likely N-dealkylation sites (N-methyl/N-ethyl adjacent to an activating group) is 1. The summed E-state index contributed by atoms with van der Waals surface area (Å²) in [5.74, 6) is 0. The Labute approximate surface area is 116 Å². The minimum Gasteiger partial charge on any atom is -0.389 e. The Morgan fingerprint density at radius 3 is 2.21 bits per heavy atom. The molecular formula is C15H26N2O2. The zero-order valence-corrected chi connectivity index (χ0v) is 12.6. The molecule has 0 radical (unpaired) electrons. The minimum absolute atomic E-state index is 0.147. The van der Waals surface area contributed by atoms with Gasteiger partial charge in [-0.15, -0.1) is 0 Å². The Hall–Kier alpha value is -1.26. The second-order valence-corrected chi connectivity index (χ2v) is 5.30. The maximum Gasteiger partial charge on any atom is 0.0948 e. The van der Waals surface area contributed by atoms with Gasteiger partial charge in [0.25, 0.3) is 0 Å². The predicted molar refractivity (Wildman–Crippen MR) is 81.1 cm³/mol. The molecule has 19 heavy (non-hydrogen) atoms. The monoisotopic (exact) mass is 266 g/mol. The number of aliphatic hydroxyl groups is 1. The third-order valence-electron chi connectivity index (χ3n) is 2.88. The number of ether oxygens (including phenoxy) is 1. The lowest BCUT2D eigenvalue weighted by molar-refractivity contribution is 0.00927. The van der Waals surface area contributed by atoms with Gasteiger partial charge >= 0.3 is 0 Å². The lowest BCUT2D eigenvalue weighted by Gasteiger charge is -2.27. The molecule has 0 amide bonds. The highest BCUT2D eigenvalue weighted by Crippen LogP contribution is 2.26. The Kier molecular flexibility index (Phi) is 6.12. The average Bonchev–Trinajstić information content (AvgIpc) is 2.36. The first-order valence-electron chi connectivity index (χ1n) is 6.69. The van der Waals surface area contributed by atoms with E-state index in [1.165, 1.54) is 0 Å². The van der Waals surface area contributed by atoms with E-state index in [9.17, 15) is 5.11 Å². The second-order valence-electron chi connectivity index (χ2n) is 5.30. The molecule has 108 valence electrons. The molecule has 1 rings (SSSR count). The van der Waals surface area contributed by atoms with Crippen LogP contribution in [0.15, 0.2) is 24.3 Å². The molecule has 0 aromatic heterocycles. The average molecular weight is 266 g/mol. The van der Waals surface area contributed by atoms with Crippen molar-refractivity contribution in [1.82, 2.24) is 0 Å². The zero-order chi connectivity index (χ0) is 14.4. The van der Waals surface area contributed by atoms with Crippen molar-refractivity contribution in [3.63, 3.8) is 0 Å². The van der Waals surface area contributed by atoms with E-state index in [-0.39, 0.29) is 6.10 Å². The standard InChI is InChI=1S/C15H26N2O2/c1-12(2)19-11-13(18)10-17(5)15-9-7-6-8-14(15)16(3)4/h6-9,12-13,18H,10-11H2,1-5H3. The molecule has 0 saturated heterocycles. The van der Waals surface area contributed by atoms with E-state index >= 15 is 0 Å². The number of rotatable bonds is 7. The summed E-state index contributed by atoms with van der Waals surface area (Å²) in [6, 6.07) is 8.16. The predicted octanol–water partition coefficient (Wildman–Crippen LogP) is 1.97. The molecule has 0 aliphatic rings. The quantitative estimate of drug-likeness (QED) is 0.818. The largest absolute Gasteiger partial charge is 0.389 e. The van der Waals surface area contributed by atoms with Gasteiger partial charge in [0.15, 0.2) is 0 Å². The van der Waals surface area contributed by atoms with Crippen molar-refractivity contribution in [2.75, 3.05) is 44.1 Å². The third-order valence-corrected chi connectivity index (χ3v) is 2.88. The van der Waals surface area contributed by atoms with Gasteiger partial charge in [-0.25, -0.2) is 0 Å². The van der Waals surface area contributed by atoms with Crippen LogP contribution in [0.2, 0.25) is 0 Å². The molecule has 1 atom stereocenters. The molecule has 4 heteroatoms. The van der Waals surface area contributed by atoms with Crippen LogP contribution >= 0.6 is 0 Å². The normalized spacial score (nSPS) is 12.6. The summed E-state index contributed by atoms with van der Waals surface area (Å²) >= 11 is 0. The first-order valence-corrected chi connectivity index (χ1v) is 6.69. The molecule has 0 aliphatic carbocycles. The van der Waals surface area contributed by atoms with Gasteiger partial charge in [-0.2, -0.15) is 0 Å². The van der Waals surface area contributed by atoms with E-state index in [2.05, 4.69) is 21.9 Å².